The first kappa shape index (κ1) is 22.7. The summed E-state index contributed by atoms with van der Waals surface area (Å²) < 4.78 is 7.44. The van der Waals surface area contributed by atoms with Gasteiger partial charge in [-0.2, -0.15) is 0 Å². The molecule has 0 unspecified atom stereocenters. The second-order valence-corrected chi connectivity index (χ2v) is 9.06. The van der Waals surface area contributed by atoms with E-state index in [1.54, 1.807) is 13.8 Å². The topological polar surface area (TPSA) is 94.0 Å². The van der Waals surface area contributed by atoms with Crippen LogP contribution in [0.2, 0.25) is 0 Å². The minimum absolute atomic E-state index is 0.256. The summed E-state index contributed by atoms with van der Waals surface area (Å²) in [6.45, 7) is 7.64. The summed E-state index contributed by atoms with van der Waals surface area (Å²) in [4.78, 5) is 45.4. The Morgan fingerprint density at radius 2 is 1.85 bits per heavy atom. The molecule has 3 heterocycles. The number of thiophene rings is 1. The molecule has 3 aromatic heterocycles. The predicted octanol–water partition coefficient (Wildman–Crippen LogP) is 4.30. The van der Waals surface area contributed by atoms with E-state index < -0.39 is 5.97 Å². The Labute approximate surface area is 195 Å². The maximum Gasteiger partial charge on any atom is 0.349 e. The average Bonchev–Trinajstić information content (AvgIpc) is 3.26. The number of ketones is 1. The van der Waals surface area contributed by atoms with Crippen LogP contribution in [0.4, 0.5) is 0 Å². The summed E-state index contributed by atoms with van der Waals surface area (Å²) in [5.41, 5.74) is 3.85. The molecule has 0 saturated carbocycles. The highest BCUT2D eigenvalue weighted by Crippen LogP contribution is 2.27. The maximum absolute atomic E-state index is 12.8. The van der Waals surface area contributed by atoms with Gasteiger partial charge in [0.1, 0.15) is 15.5 Å². The summed E-state index contributed by atoms with van der Waals surface area (Å²) in [5.74, 6) is -0.404. The molecular formula is C25H25N3O4S. The summed E-state index contributed by atoms with van der Waals surface area (Å²) in [5, 5.41) is 0.380. The van der Waals surface area contributed by atoms with Crippen molar-refractivity contribution in [3.8, 4) is 0 Å². The average molecular weight is 464 g/mol. The first-order chi connectivity index (χ1) is 15.8. The lowest BCUT2D eigenvalue weighted by Crippen LogP contribution is -2.15. The van der Waals surface area contributed by atoms with Gasteiger partial charge in [0.25, 0.3) is 5.56 Å². The maximum atomic E-state index is 12.8. The Hall–Kier alpha value is -3.52. The lowest BCUT2D eigenvalue weighted by molar-refractivity contribution is 0.0479. The second-order valence-electron chi connectivity index (χ2n) is 8.06. The van der Waals surface area contributed by atoms with Crippen LogP contribution in [0, 0.1) is 27.7 Å². The molecular weight excluding hydrogens is 438 g/mol. The number of ether oxygens (including phenoxy) is 1. The van der Waals surface area contributed by atoms with E-state index in [0.717, 1.165) is 35.7 Å². The van der Waals surface area contributed by atoms with Crippen molar-refractivity contribution in [2.24, 2.45) is 0 Å². The van der Waals surface area contributed by atoms with Crippen LogP contribution in [0.1, 0.15) is 48.4 Å². The molecule has 1 aromatic carbocycles. The van der Waals surface area contributed by atoms with E-state index in [1.807, 2.05) is 38.1 Å². The van der Waals surface area contributed by atoms with Gasteiger partial charge in [0.05, 0.1) is 5.39 Å². The second kappa shape index (κ2) is 9.15. The van der Waals surface area contributed by atoms with Crippen LogP contribution in [0.3, 0.4) is 0 Å². The number of nitrogens with one attached hydrogen (secondary N) is 1. The van der Waals surface area contributed by atoms with Crippen LogP contribution >= 0.6 is 11.3 Å². The standard InChI is InChI=1S/C25H25N3O4S/c1-14-12-19(16(3)28(14)11-10-18-8-6-5-7-9-18)20(29)13-32-25(31)22-15(2)21-23(30)26-17(4)27-24(21)33-22/h5-9,12H,10-11,13H2,1-4H3,(H,26,27,30). The van der Waals surface area contributed by atoms with E-state index in [9.17, 15) is 14.4 Å². The molecule has 0 spiro atoms. The van der Waals surface area contributed by atoms with Gasteiger partial charge in [-0.1, -0.05) is 30.3 Å². The monoisotopic (exact) mass is 463 g/mol. The summed E-state index contributed by atoms with van der Waals surface area (Å²) in [6, 6.07) is 12.0. The number of H-pyrrole nitrogens is 1. The van der Waals surface area contributed by atoms with Gasteiger partial charge in [0.15, 0.2) is 6.61 Å². The van der Waals surface area contributed by atoms with Gasteiger partial charge in [0.2, 0.25) is 5.78 Å². The number of benzene rings is 1. The highest BCUT2D eigenvalue weighted by molar-refractivity contribution is 7.20. The van der Waals surface area contributed by atoms with E-state index in [2.05, 4.69) is 26.7 Å². The number of rotatable bonds is 7. The molecule has 0 aliphatic rings. The first-order valence-electron chi connectivity index (χ1n) is 10.7. The van der Waals surface area contributed by atoms with Crippen LogP contribution in [-0.2, 0) is 17.7 Å². The van der Waals surface area contributed by atoms with Crippen molar-refractivity contribution in [1.29, 1.82) is 0 Å². The van der Waals surface area contributed by atoms with Gasteiger partial charge < -0.3 is 14.3 Å². The summed E-state index contributed by atoms with van der Waals surface area (Å²) in [6.07, 6.45) is 0.859. The number of aromatic amines is 1. The smallest absolute Gasteiger partial charge is 0.349 e. The summed E-state index contributed by atoms with van der Waals surface area (Å²) >= 11 is 1.10. The first-order valence-corrected chi connectivity index (χ1v) is 11.5. The Morgan fingerprint density at radius 3 is 2.58 bits per heavy atom. The third-order valence-corrected chi connectivity index (χ3v) is 6.95. The SMILES string of the molecule is Cc1nc2sc(C(=O)OCC(=O)c3cc(C)n(CCc4ccccc4)c3C)c(C)c2c(=O)[nH]1. The molecule has 0 saturated heterocycles. The van der Waals surface area contributed by atoms with E-state index in [-0.39, 0.29) is 22.8 Å². The van der Waals surface area contributed by atoms with Gasteiger partial charge in [-0.25, -0.2) is 9.78 Å². The van der Waals surface area contributed by atoms with Gasteiger partial charge in [-0.05, 0) is 51.3 Å². The molecule has 0 aliphatic heterocycles. The predicted molar refractivity (Wildman–Crippen MR) is 128 cm³/mol. The molecule has 0 radical (unpaired) electrons. The normalized spacial score (nSPS) is 11.2. The number of esters is 1. The number of carbonyl (C=O) groups excluding carboxylic acids is 2. The van der Waals surface area contributed by atoms with Gasteiger partial charge in [0, 0.05) is 23.5 Å². The van der Waals surface area contributed by atoms with E-state index in [0.29, 0.717) is 27.2 Å². The fraction of sp³-hybridized carbons (Fsp3) is 0.280. The lowest BCUT2D eigenvalue weighted by atomic mass is 10.1. The van der Waals surface area contributed by atoms with E-state index in [1.165, 1.54) is 5.56 Å². The quantitative estimate of drug-likeness (QED) is 0.326. The molecule has 33 heavy (non-hydrogen) atoms. The molecule has 0 amide bonds. The Morgan fingerprint density at radius 1 is 1.12 bits per heavy atom. The minimum atomic E-state index is -0.626. The van der Waals surface area contributed by atoms with Crippen LogP contribution in [0.5, 0.6) is 0 Å². The molecule has 0 fully saturated rings. The van der Waals surface area contributed by atoms with Gasteiger partial charge in [-0.15, -0.1) is 11.3 Å². The Bertz CT molecular complexity index is 1410. The Kier molecular flexibility index (Phi) is 6.29. The van der Waals surface area contributed by atoms with Gasteiger partial charge >= 0.3 is 5.97 Å². The molecule has 170 valence electrons. The molecule has 4 rings (SSSR count). The molecule has 1 N–H and O–H groups in total. The zero-order valence-electron chi connectivity index (χ0n) is 19.0. The van der Waals surface area contributed by atoms with Crippen LogP contribution < -0.4 is 5.56 Å². The highest BCUT2D eigenvalue weighted by atomic mass is 32.1. The number of aryl methyl sites for hydroxylation is 4. The third kappa shape index (κ3) is 4.52. The number of hydrogen-bond acceptors (Lipinski definition) is 6. The van der Waals surface area contributed by atoms with Crippen LogP contribution in [0.25, 0.3) is 10.2 Å². The van der Waals surface area contributed by atoms with Gasteiger partial charge in [-0.3, -0.25) is 9.59 Å². The number of nitrogens with zero attached hydrogens (tertiary/aromatic N) is 2. The van der Waals surface area contributed by atoms with Crippen LogP contribution in [-0.4, -0.2) is 32.9 Å². The number of carbonyl (C=O) groups is 2. The largest absolute Gasteiger partial charge is 0.453 e. The fourth-order valence-corrected chi connectivity index (χ4v) is 5.15. The fourth-order valence-electron chi connectivity index (χ4n) is 4.03. The van der Waals surface area contributed by atoms with E-state index in [4.69, 9.17) is 4.74 Å². The molecule has 4 aromatic rings. The zero-order chi connectivity index (χ0) is 23.7. The Balaban J connectivity index is 1.46. The van der Waals surface area contributed by atoms with Crippen molar-refractivity contribution in [3.05, 3.63) is 85.5 Å². The molecule has 0 atom stereocenters. The number of hydrogen-bond donors (Lipinski definition) is 1. The molecule has 7 nitrogen and oxygen atoms in total. The summed E-state index contributed by atoms with van der Waals surface area (Å²) in [7, 11) is 0. The lowest BCUT2D eigenvalue weighted by Gasteiger charge is -2.10. The number of Topliss-reactive ketones (excluding diaryl/α,β-unsaturated/α-hetero) is 1. The zero-order valence-corrected chi connectivity index (χ0v) is 19.8. The van der Waals surface area contributed by atoms with Crippen molar-refractivity contribution < 1.29 is 14.3 Å². The minimum Gasteiger partial charge on any atom is -0.453 e. The van der Waals surface area contributed by atoms with Crippen molar-refractivity contribution >= 4 is 33.3 Å². The molecule has 0 aliphatic carbocycles. The molecule has 0 bridgehead atoms. The number of aromatic nitrogens is 3. The van der Waals surface area contributed by atoms with Crippen molar-refractivity contribution in [1.82, 2.24) is 14.5 Å². The molecule has 8 heteroatoms. The third-order valence-electron chi connectivity index (χ3n) is 5.78. The number of fused-ring (bicyclic) bond motifs is 1. The van der Waals surface area contributed by atoms with Crippen LogP contribution in [0.15, 0.2) is 41.2 Å². The van der Waals surface area contributed by atoms with Crippen molar-refractivity contribution in [3.63, 3.8) is 0 Å². The van der Waals surface area contributed by atoms with E-state index >= 15 is 0 Å². The van der Waals surface area contributed by atoms with Crippen molar-refractivity contribution in [2.45, 2.75) is 40.7 Å². The van der Waals surface area contributed by atoms with Crippen molar-refractivity contribution in [2.75, 3.05) is 6.61 Å². The highest BCUT2D eigenvalue weighted by Gasteiger charge is 2.22.